The number of hydrogen-bond donors (Lipinski definition) is 1. The van der Waals surface area contributed by atoms with Gasteiger partial charge in [0.15, 0.2) is 5.78 Å². The summed E-state index contributed by atoms with van der Waals surface area (Å²) in [5.41, 5.74) is 5.00. The van der Waals surface area contributed by atoms with E-state index in [1.54, 1.807) is 45.0 Å². The number of para-hydroxylation sites is 1. The average molecular weight is 245 g/mol. The van der Waals surface area contributed by atoms with E-state index < -0.39 is 5.41 Å². The molecule has 0 bridgehead atoms. The van der Waals surface area contributed by atoms with Gasteiger partial charge in [-0.15, -0.1) is 0 Å². The highest BCUT2D eigenvalue weighted by molar-refractivity contribution is 6.04. The van der Waals surface area contributed by atoms with Gasteiger partial charge in [0.1, 0.15) is 11.1 Å². The van der Waals surface area contributed by atoms with Crippen LogP contribution in [0.2, 0.25) is 0 Å². The lowest BCUT2D eigenvalue weighted by molar-refractivity contribution is 0.0857. The maximum absolute atomic E-state index is 12.3. The van der Waals surface area contributed by atoms with Crippen LogP contribution in [-0.4, -0.2) is 5.78 Å². The van der Waals surface area contributed by atoms with E-state index >= 15 is 0 Å². The van der Waals surface area contributed by atoms with Gasteiger partial charge in [-0.2, -0.15) is 0 Å². The summed E-state index contributed by atoms with van der Waals surface area (Å²) in [6.45, 7) is 5.22. The summed E-state index contributed by atoms with van der Waals surface area (Å²) < 4.78 is 5.35. The zero-order valence-corrected chi connectivity index (χ0v) is 10.6. The van der Waals surface area contributed by atoms with Crippen LogP contribution in [0, 0.1) is 5.41 Å². The Balaban J connectivity index is 2.81. The molecule has 2 rings (SSSR count). The lowest BCUT2D eigenvalue weighted by Crippen LogP contribution is -2.27. The van der Waals surface area contributed by atoms with Gasteiger partial charge < -0.3 is 10.2 Å². The molecule has 0 unspecified atom stereocenters. The topological polar surface area (TPSA) is 73.3 Å². The number of Topliss-reactive ketones (excluding diaryl/α,β-unsaturated/α-hetero) is 1. The van der Waals surface area contributed by atoms with Crippen LogP contribution in [0.3, 0.4) is 0 Å². The molecule has 0 radical (unpaired) electrons. The second kappa shape index (κ2) is 3.98. The molecule has 4 nitrogen and oxygen atoms in total. The third-order valence-electron chi connectivity index (χ3n) is 2.73. The van der Waals surface area contributed by atoms with E-state index in [0.717, 1.165) is 0 Å². The van der Waals surface area contributed by atoms with Crippen molar-refractivity contribution >= 4 is 22.6 Å². The first-order valence-electron chi connectivity index (χ1n) is 5.68. The van der Waals surface area contributed by atoms with E-state index in [9.17, 15) is 9.59 Å². The van der Waals surface area contributed by atoms with Crippen LogP contribution in [0.1, 0.15) is 31.1 Å². The first-order valence-corrected chi connectivity index (χ1v) is 5.68. The molecule has 94 valence electrons. The highest BCUT2D eigenvalue weighted by Crippen LogP contribution is 2.24. The first kappa shape index (κ1) is 12.4. The Bertz CT molecular complexity index is 677. The summed E-state index contributed by atoms with van der Waals surface area (Å²) >= 11 is 0. The van der Waals surface area contributed by atoms with E-state index in [1.165, 1.54) is 0 Å². The number of rotatable bonds is 1. The fourth-order valence-electron chi connectivity index (χ4n) is 1.75. The van der Waals surface area contributed by atoms with Gasteiger partial charge in [-0.3, -0.25) is 9.59 Å². The Morgan fingerprint density at radius 3 is 2.44 bits per heavy atom. The van der Waals surface area contributed by atoms with Gasteiger partial charge in [0.05, 0.1) is 5.39 Å². The molecule has 0 spiro atoms. The Labute approximate surface area is 104 Å². The van der Waals surface area contributed by atoms with Gasteiger partial charge in [-0.25, -0.2) is 0 Å². The molecule has 0 saturated heterocycles. The van der Waals surface area contributed by atoms with E-state index in [4.69, 9.17) is 10.2 Å². The van der Waals surface area contributed by atoms with Gasteiger partial charge in [-0.1, -0.05) is 32.9 Å². The number of carbonyl (C=O) groups is 1. The van der Waals surface area contributed by atoms with Crippen molar-refractivity contribution < 1.29 is 9.21 Å². The minimum absolute atomic E-state index is 0.0544. The quantitative estimate of drug-likeness (QED) is 0.784. The summed E-state index contributed by atoms with van der Waals surface area (Å²) in [4.78, 5) is 24.5. The Morgan fingerprint density at radius 2 is 1.83 bits per heavy atom. The fraction of sp³-hybridized carbons (Fsp3) is 0.286. The van der Waals surface area contributed by atoms with Crippen LogP contribution in [0.25, 0.3) is 11.0 Å². The molecule has 0 aliphatic carbocycles. The zero-order chi connectivity index (χ0) is 13.5. The molecule has 0 atom stereocenters. The highest BCUT2D eigenvalue weighted by Gasteiger charge is 2.29. The molecular formula is C14H15NO3. The molecule has 4 heteroatoms. The van der Waals surface area contributed by atoms with Crippen molar-refractivity contribution in [2.45, 2.75) is 20.8 Å². The molecule has 1 aromatic carbocycles. The summed E-state index contributed by atoms with van der Waals surface area (Å²) in [5.74, 6) is -0.418. The maximum Gasteiger partial charge on any atom is 0.205 e. The average Bonchev–Trinajstić information content (AvgIpc) is 2.27. The molecule has 18 heavy (non-hydrogen) atoms. The predicted molar refractivity (Wildman–Crippen MR) is 70.7 cm³/mol. The van der Waals surface area contributed by atoms with Crippen molar-refractivity contribution in [2.24, 2.45) is 5.41 Å². The number of nitrogens with two attached hydrogens (primary N) is 1. The lowest BCUT2D eigenvalue weighted by Gasteiger charge is -2.16. The Hall–Kier alpha value is -2.10. The molecule has 2 N–H and O–H groups in total. The molecule has 0 saturated carbocycles. The van der Waals surface area contributed by atoms with Crippen molar-refractivity contribution in [1.29, 1.82) is 0 Å². The SMILES string of the molecule is CC(C)(C)C(=O)c1c(N)oc2ccccc2c1=O. The molecule has 0 fully saturated rings. The van der Waals surface area contributed by atoms with Crippen LogP contribution in [0.15, 0.2) is 33.5 Å². The molecule has 1 aromatic heterocycles. The zero-order valence-electron chi connectivity index (χ0n) is 10.6. The normalized spacial score (nSPS) is 11.7. The third-order valence-corrected chi connectivity index (χ3v) is 2.73. The number of carbonyl (C=O) groups excluding carboxylic acids is 1. The number of fused-ring (bicyclic) bond motifs is 1. The minimum Gasteiger partial charge on any atom is -0.440 e. The summed E-state index contributed by atoms with van der Waals surface area (Å²) in [6, 6.07) is 6.75. The van der Waals surface area contributed by atoms with Crippen LogP contribution in [0.5, 0.6) is 0 Å². The Morgan fingerprint density at radius 1 is 1.22 bits per heavy atom. The molecule has 2 aromatic rings. The van der Waals surface area contributed by atoms with E-state index in [2.05, 4.69) is 0 Å². The monoisotopic (exact) mass is 245 g/mol. The molecule has 0 aliphatic rings. The van der Waals surface area contributed by atoms with Crippen molar-refractivity contribution in [3.8, 4) is 0 Å². The van der Waals surface area contributed by atoms with E-state index in [1.807, 2.05) is 0 Å². The van der Waals surface area contributed by atoms with Gasteiger partial charge in [0, 0.05) is 5.41 Å². The number of benzene rings is 1. The van der Waals surface area contributed by atoms with Crippen LogP contribution in [0.4, 0.5) is 5.88 Å². The molecule has 1 heterocycles. The predicted octanol–water partition coefficient (Wildman–Crippen LogP) is 2.60. The molecule has 0 amide bonds. The third kappa shape index (κ3) is 1.90. The number of ketones is 1. The number of anilines is 1. The summed E-state index contributed by atoms with van der Waals surface area (Å²) in [7, 11) is 0. The Kier molecular flexibility index (Phi) is 2.73. The smallest absolute Gasteiger partial charge is 0.205 e. The first-order chi connectivity index (χ1) is 8.32. The second-order valence-electron chi connectivity index (χ2n) is 5.25. The van der Waals surface area contributed by atoms with Crippen molar-refractivity contribution in [1.82, 2.24) is 0 Å². The fourth-order valence-corrected chi connectivity index (χ4v) is 1.75. The lowest BCUT2D eigenvalue weighted by atomic mass is 9.86. The van der Waals surface area contributed by atoms with Crippen LogP contribution >= 0.6 is 0 Å². The minimum atomic E-state index is -0.675. The number of nitrogen functional groups attached to an aromatic ring is 1. The van der Waals surface area contributed by atoms with Gasteiger partial charge in [-0.05, 0) is 12.1 Å². The second-order valence-corrected chi connectivity index (χ2v) is 5.25. The van der Waals surface area contributed by atoms with Crippen LogP contribution in [-0.2, 0) is 0 Å². The van der Waals surface area contributed by atoms with Gasteiger partial charge in [0.2, 0.25) is 11.3 Å². The summed E-state index contributed by atoms with van der Waals surface area (Å²) in [6.07, 6.45) is 0. The highest BCUT2D eigenvalue weighted by atomic mass is 16.3. The van der Waals surface area contributed by atoms with E-state index in [0.29, 0.717) is 11.0 Å². The van der Waals surface area contributed by atoms with Gasteiger partial charge >= 0.3 is 0 Å². The number of hydrogen-bond acceptors (Lipinski definition) is 4. The molecule has 0 aliphatic heterocycles. The van der Waals surface area contributed by atoms with Crippen LogP contribution < -0.4 is 11.2 Å². The standard InChI is InChI=1S/C14H15NO3/c1-14(2,3)12(17)10-11(16)8-6-4-5-7-9(8)18-13(10)15/h4-7H,15H2,1-3H3. The molecular weight excluding hydrogens is 230 g/mol. The van der Waals surface area contributed by atoms with Crippen molar-refractivity contribution in [3.63, 3.8) is 0 Å². The van der Waals surface area contributed by atoms with Crippen molar-refractivity contribution in [2.75, 3.05) is 5.73 Å². The summed E-state index contributed by atoms with van der Waals surface area (Å²) in [5, 5.41) is 0.374. The van der Waals surface area contributed by atoms with Gasteiger partial charge in [0.25, 0.3) is 0 Å². The maximum atomic E-state index is 12.3. The van der Waals surface area contributed by atoms with Crippen molar-refractivity contribution in [3.05, 3.63) is 40.1 Å². The van der Waals surface area contributed by atoms with E-state index in [-0.39, 0.29) is 22.7 Å². The largest absolute Gasteiger partial charge is 0.440 e.